The largest absolute Gasteiger partial charge is 0.497 e. The van der Waals surface area contributed by atoms with Gasteiger partial charge < -0.3 is 15.4 Å². The highest BCUT2D eigenvalue weighted by Crippen LogP contribution is 2.26. The molecule has 3 rings (SSSR count). The van der Waals surface area contributed by atoms with Crippen LogP contribution in [0.25, 0.3) is 0 Å². The number of pyridine rings is 1. The number of carbonyl (C=O) groups excluding carboxylic acids is 1. The molecule has 5 nitrogen and oxygen atoms in total. The molecule has 0 unspecified atom stereocenters. The number of aromatic nitrogens is 1. The lowest BCUT2D eigenvalue weighted by molar-refractivity contribution is 0.102. The van der Waals surface area contributed by atoms with Crippen molar-refractivity contribution in [1.29, 1.82) is 0 Å². The van der Waals surface area contributed by atoms with E-state index in [1.54, 1.807) is 37.6 Å². The van der Waals surface area contributed by atoms with E-state index < -0.39 is 0 Å². The lowest BCUT2D eigenvalue weighted by Gasteiger charge is -2.11. The van der Waals surface area contributed by atoms with E-state index in [0.717, 1.165) is 16.9 Å². The number of nitrogens with one attached hydrogen (secondary N) is 2. The van der Waals surface area contributed by atoms with Gasteiger partial charge in [0.1, 0.15) is 11.4 Å². The van der Waals surface area contributed by atoms with Crippen molar-refractivity contribution in [1.82, 2.24) is 4.98 Å². The number of rotatable bonds is 5. The van der Waals surface area contributed by atoms with E-state index in [2.05, 4.69) is 15.6 Å². The molecule has 1 heterocycles. The van der Waals surface area contributed by atoms with Gasteiger partial charge in [-0.2, -0.15) is 0 Å². The third kappa shape index (κ3) is 4.13. The number of nitrogens with zero attached hydrogens (tertiary/aromatic N) is 1. The van der Waals surface area contributed by atoms with Gasteiger partial charge in [-0.25, -0.2) is 4.98 Å². The van der Waals surface area contributed by atoms with Gasteiger partial charge in [-0.3, -0.25) is 4.79 Å². The van der Waals surface area contributed by atoms with Crippen molar-refractivity contribution >= 4 is 34.6 Å². The van der Waals surface area contributed by atoms with Gasteiger partial charge in [0.05, 0.1) is 19.0 Å². The molecule has 2 aromatic carbocycles. The molecule has 0 aliphatic rings. The minimum absolute atomic E-state index is 0.288. The first-order valence-electron chi connectivity index (χ1n) is 8.00. The molecule has 0 aliphatic carbocycles. The van der Waals surface area contributed by atoms with E-state index in [9.17, 15) is 4.79 Å². The summed E-state index contributed by atoms with van der Waals surface area (Å²) in [7, 11) is 1.58. The van der Waals surface area contributed by atoms with E-state index in [-0.39, 0.29) is 5.91 Å². The van der Waals surface area contributed by atoms with Gasteiger partial charge in [-0.1, -0.05) is 23.7 Å². The summed E-state index contributed by atoms with van der Waals surface area (Å²) in [5.74, 6) is 0.385. The first kappa shape index (κ1) is 17.8. The Morgan fingerprint density at radius 1 is 1.08 bits per heavy atom. The van der Waals surface area contributed by atoms with Crippen LogP contribution >= 0.6 is 11.6 Å². The van der Waals surface area contributed by atoms with Gasteiger partial charge >= 0.3 is 0 Å². The number of ether oxygens (including phenoxy) is 1. The number of benzene rings is 2. The molecule has 26 heavy (non-hydrogen) atoms. The molecule has 0 aliphatic heterocycles. The molecule has 0 bridgehead atoms. The fourth-order valence-corrected chi connectivity index (χ4v) is 2.57. The highest BCUT2D eigenvalue weighted by atomic mass is 35.5. The molecule has 0 atom stereocenters. The molecule has 1 aromatic heterocycles. The van der Waals surface area contributed by atoms with E-state index >= 15 is 0 Å². The Bertz CT molecular complexity index is 927. The Kier molecular flexibility index (Phi) is 5.39. The predicted molar refractivity (Wildman–Crippen MR) is 105 cm³/mol. The zero-order valence-electron chi connectivity index (χ0n) is 14.4. The Labute approximate surface area is 157 Å². The monoisotopic (exact) mass is 367 g/mol. The van der Waals surface area contributed by atoms with Gasteiger partial charge in [0.2, 0.25) is 0 Å². The lowest BCUT2D eigenvalue weighted by atomic mass is 10.2. The zero-order valence-corrected chi connectivity index (χ0v) is 15.2. The Hall–Kier alpha value is -3.05. The molecule has 0 spiro atoms. The fraction of sp³-hybridized carbons (Fsp3) is 0.100. The Morgan fingerprint density at radius 2 is 1.88 bits per heavy atom. The summed E-state index contributed by atoms with van der Waals surface area (Å²) >= 11 is 6.13. The smallest absolute Gasteiger partial charge is 0.274 e. The van der Waals surface area contributed by atoms with Crippen molar-refractivity contribution in [2.24, 2.45) is 0 Å². The van der Waals surface area contributed by atoms with E-state index in [4.69, 9.17) is 16.3 Å². The molecule has 0 saturated heterocycles. The summed E-state index contributed by atoms with van der Waals surface area (Å²) in [5.41, 5.74) is 3.59. The SMILES string of the molecule is COc1cccc(NC(=O)c2ccc(Nc3cccc(Cl)c3C)cn2)c1. The molecule has 132 valence electrons. The van der Waals surface area contributed by atoms with Gasteiger partial charge in [-0.05, 0) is 48.9 Å². The average molecular weight is 368 g/mol. The summed E-state index contributed by atoms with van der Waals surface area (Å²) in [6.45, 7) is 1.94. The minimum Gasteiger partial charge on any atom is -0.497 e. The van der Waals surface area contributed by atoms with Crippen LogP contribution in [0.2, 0.25) is 5.02 Å². The predicted octanol–water partition coefficient (Wildman–Crippen LogP) is 5.05. The number of methoxy groups -OCH3 is 1. The zero-order chi connectivity index (χ0) is 18.5. The Balaban J connectivity index is 1.70. The maximum atomic E-state index is 12.3. The summed E-state index contributed by atoms with van der Waals surface area (Å²) in [4.78, 5) is 16.6. The van der Waals surface area contributed by atoms with Crippen LogP contribution in [0.3, 0.4) is 0 Å². The normalized spacial score (nSPS) is 10.3. The summed E-state index contributed by atoms with van der Waals surface area (Å²) in [6.07, 6.45) is 1.61. The number of carbonyl (C=O) groups is 1. The number of hydrogen-bond donors (Lipinski definition) is 2. The maximum absolute atomic E-state index is 12.3. The van der Waals surface area contributed by atoms with Crippen molar-refractivity contribution in [2.45, 2.75) is 6.92 Å². The molecule has 2 N–H and O–H groups in total. The molecule has 6 heteroatoms. The van der Waals surface area contributed by atoms with Crippen LogP contribution < -0.4 is 15.4 Å². The van der Waals surface area contributed by atoms with Crippen LogP contribution in [-0.2, 0) is 0 Å². The number of hydrogen-bond acceptors (Lipinski definition) is 4. The lowest BCUT2D eigenvalue weighted by Crippen LogP contribution is -2.13. The van der Waals surface area contributed by atoms with Crippen LogP contribution in [-0.4, -0.2) is 18.0 Å². The Morgan fingerprint density at radius 3 is 2.62 bits per heavy atom. The van der Waals surface area contributed by atoms with E-state index in [0.29, 0.717) is 22.2 Å². The summed E-state index contributed by atoms with van der Waals surface area (Å²) in [5, 5.41) is 6.74. The third-order valence-corrected chi connectivity index (χ3v) is 4.28. The van der Waals surface area contributed by atoms with Crippen molar-refractivity contribution in [3.63, 3.8) is 0 Å². The quantitative estimate of drug-likeness (QED) is 0.662. The van der Waals surface area contributed by atoms with Gasteiger partial charge in [-0.15, -0.1) is 0 Å². The minimum atomic E-state index is -0.288. The van der Waals surface area contributed by atoms with E-state index in [1.165, 1.54) is 0 Å². The molecule has 0 saturated carbocycles. The standard InChI is InChI=1S/C20H18ClN3O2/c1-13-17(21)7-4-8-18(13)23-15-9-10-19(22-12-15)20(25)24-14-5-3-6-16(11-14)26-2/h3-12,23H,1-2H3,(H,24,25). The topological polar surface area (TPSA) is 63.2 Å². The molecule has 0 radical (unpaired) electrons. The summed E-state index contributed by atoms with van der Waals surface area (Å²) < 4.78 is 5.15. The summed E-state index contributed by atoms with van der Waals surface area (Å²) in [6, 6.07) is 16.3. The molecule has 1 amide bonds. The fourth-order valence-electron chi connectivity index (χ4n) is 2.40. The van der Waals surface area contributed by atoms with Crippen LogP contribution in [0.5, 0.6) is 5.75 Å². The van der Waals surface area contributed by atoms with Crippen molar-refractivity contribution in [2.75, 3.05) is 17.7 Å². The second kappa shape index (κ2) is 7.89. The van der Waals surface area contributed by atoms with Gasteiger partial charge in [0.15, 0.2) is 0 Å². The average Bonchev–Trinajstić information content (AvgIpc) is 2.66. The van der Waals surface area contributed by atoms with Crippen LogP contribution in [0.4, 0.5) is 17.1 Å². The first-order chi connectivity index (χ1) is 12.6. The third-order valence-electron chi connectivity index (χ3n) is 3.87. The number of amides is 1. The highest BCUT2D eigenvalue weighted by Gasteiger charge is 2.09. The maximum Gasteiger partial charge on any atom is 0.274 e. The number of halogens is 1. The van der Waals surface area contributed by atoms with Crippen LogP contribution in [0.1, 0.15) is 16.1 Å². The second-order valence-electron chi connectivity index (χ2n) is 5.66. The van der Waals surface area contributed by atoms with Crippen LogP contribution in [0.15, 0.2) is 60.8 Å². The molecule has 3 aromatic rings. The van der Waals surface area contributed by atoms with Crippen molar-refractivity contribution in [3.05, 3.63) is 77.1 Å². The van der Waals surface area contributed by atoms with Crippen molar-refractivity contribution < 1.29 is 9.53 Å². The molecular weight excluding hydrogens is 350 g/mol. The van der Waals surface area contributed by atoms with Gasteiger partial charge in [0.25, 0.3) is 5.91 Å². The number of anilines is 3. The van der Waals surface area contributed by atoms with Crippen LogP contribution in [0, 0.1) is 6.92 Å². The molecular formula is C20H18ClN3O2. The van der Waals surface area contributed by atoms with Crippen molar-refractivity contribution in [3.8, 4) is 5.75 Å². The first-order valence-corrected chi connectivity index (χ1v) is 8.38. The second-order valence-corrected chi connectivity index (χ2v) is 6.06. The van der Waals surface area contributed by atoms with E-state index in [1.807, 2.05) is 37.3 Å². The highest BCUT2D eigenvalue weighted by molar-refractivity contribution is 6.31. The van der Waals surface area contributed by atoms with Gasteiger partial charge in [0, 0.05) is 22.5 Å². The molecule has 0 fully saturated rings.